The van der Waals surface area contributed by atoms with E-state index >= 15 is 0 Å². The number of pyridine rings is 2. The van der Waals surface area contributed by atoms with Gasteiger partial charge in [-0.2, -0.15) is 0 Å². The van der Waals surface area contributed by atoms with Gasteiger partial charge in [-0.15, -0.1) is 0 Å². The van der Waals surface area contributed by atoms with Crippen molar-refractivity contribution in [3.63, 3.8) is 0 Å². The van der Waals surface area contributed by atoms with Crippen molar-refractivity contribution in [1.82, 2.24) is 15.3 Å². The Bertz CT molecular complexity index is 1180. The molecule has 0 spiro atoms. The molecule has 0 unspecified atom stereocenters. The van der Waals surface area contributed by atoms with Gasteiger partial charge in [-0.3, -0.25) is 9.78 Å². The molecule has 2 aromatic carbocycles. The SMILES string of the molecule is COc1ccc(Br)cc1CNC(=O)c1cc(-c2ccccn2)nc2ccccc12. The molecule has 6 heteroatoms. The van der Waals surface area contributed by atoms with Crippen LogP contribution in [0.25, 0.3) is 22.3 Å². The maximum Gasteiger partial charge on any atom is 0.252 e. The fourth-order valence-corrected chi connectivity index (χ4v) is 3.57. The smallest absolute Gasteiger partial charge is 0.252 e. The molecule has 0 atom stereocenters. The molecule has 0 aliphatic carbocycles. The summed E-state index contributed by atoms with van der Waals surface area (Å²) in [5.41, 5.74) is 3.58. The minimum atomic E-state index is -0.178. The normalized spacial score (nSPS) is 10.7. The number of nitrogens with zero attached hydrogens (tertiary/aromatic N) is 2. The van der Waals surface area contributed by atoms with Crippen molar-refractivity contribution in [2.24, 2.45) is 0 Å². The van der Waals surface area contributed by atoms with E-state index in [0.717, 1.165) is 32.4 Å². The van der Waals surface area contributed by atoms with Gasteiger partial charge in [-0.05, 0) is 42.5 Å². The highest BCUT2D eigenvalue weighted by atomic mass is 79.9. The van der Waals surface area contributed by atoms with E-state index in [1.54, 1.807) is 19.4 Å². The third-order valence-electron chi connectivity index (χ3n) is 4.57. The molecule has 1 amide bonds. The van der Waals surface area contributed by atoms with Crippen molar-refractivity contribution in [3.8, 4) is 17.1 Å². The number of carbonyl (C=O) groups is 1. The summed E-state index contributed by atoms with van der Waals surface area (Å²) in [6.45, 7) is 0.344. The number of aromatic nitrogens is 2. The third kappa shape index (κ3) is 4.12. The third-order valence-corrected chi connectivity index (χ3v) is 5.06. The van der Waals surface area contributed by atoms with Crippen molar-refractivity contribution in [1.29, 1.82) is 0 Å². The summed E-state index contributed by atoms with van der Waals surface area (Å²) >= 11 is 3.46. The number of fused-ring (bicyclic) bond motifs is 1. The number of ether oxygens (including phenoxy) is 1. The van der Waals surface area contributed by atoms with Crippen LogP contribution in [0.1, 0.15) is 15.9 Å². The molecule has 2 heterocycles. The number of para-hydroxylation sites is 1. The van der Waals surface area contributed by atoms with E-state index in [9.17, 15) is 4.79 Å². The molecule has 29 heavy (non-hydrogen) atoms. The van der Waals surface area contributed by atoms with Crippen LogP contribution in [0.2, 0.25) is 0 Å². The second-order valence-electron chi connectivity index (χ2n) is 6.43. The van der Waals surface area contributed by atoms with E-state index in [4.69, 9.17) is 4.74 Å². The van der Waals surface area contributed by atoms with Gasteiger partial charge in [0.2, 0.25) is 0 Å². The summed E-state index contributed by atoms with van der Waals surface area (Å²) in [5, 5.41) is 3.80. The van der Waals surface area contributed by atoms with E-state index in [0.29, 0.717) is 17.8 Å². The number of amides is 1. The lowest BCUT2D eigenvalue weighted by molar-refractivity contribution is 0.0952. The molecule has 0 aliphatic heterocycles. The fourth-order valence-electron chi connectivity index (χ4n) is 3.16. The number of hydrogen-bond donors (Lipinski definition) is 1. The summed E-state index contributed by atoms with van der Waals surface area (Å²) in [5.74, 6) is 0.546. The van der Waals surface area contributed by atoms with Gasteiger partial charge in [0.05, 0.1) is 29.6 Å². The Balaban J connectivity index is 1.69. The standard InChI is InChI=1S/C23H18BrN3O2/c1-29-22-10-9-16(24)12-15(22)14-26-23(28)18-13-21(20-8-4-5-11-25-20)27-19-7-3-2-6-17(18)19/h2-13H,14H2,1H3,(H,26,28). The minimum absolute atomic E-state index is 0.178. The van der Waals surface area contributed by atoms with Crippen LogP contribution in [0.3, 0.4) is 0 Å². The van der Waals surface area contributed by atoms with Gasteiger partial charge >= 0.3 is 0 Å². The zero-order chi connectivity index (χ0) is 20.2. The number of halogens is 1. The lowest BCUT2D eigenvalue weighted by atomic mass is 10.1. The van der Waals surface area contributed by atoms with E-state index in [2.05, 4.69) is 31.2 Å². The van der Waals surface area contributed by atoms with Crippen LogP contribution in [0.15, 0.2) is 77.4 Å². The van der Waals surface area contributed by atoms with E-state index in [1.807, 2.05) is 60.7 Å². The molecule has 0 aliphatic rings. The van der Waals surface area contributed by atoms with Crippen LogP contribution in [-0.2, 0) is 6.54 Å². The number of methoxy groups -OCH3 is 1. The second kappa shape index (κ2) is 8.41. The molecule has 4 aromatic rings. The molecule has 5 nitrogen and oxygen atoms in total. The lowest BCUT2D eigenvalue weighted by Crippen LogP contribution is -2.23. The predicted octanol–water partition coefficient (Wildman–Crippen LogP) is 5.00. The van der Waals surface area contributed by atoms with Gasteiger partial charge in [0.25, 0.3) is 5.91 Å². The van der Waals surface area contributed by atoms with Crippen molar-refractivity contribution < 1.29 is 9.53 Å². The van der Waals surface area contributed by atoms with Crippen LogP contribution in [-0.4, -0.2) is 23.0 Å². The number of benzene rings is 2. The van der Waals surface area contributed by atoms with Crippen molar-refractivity contribution in [2.75, 3.05) is 7.11 Å². The summed E-state index contributed by atoms with van der Waals surface area (Å²) in [6, 6.07) is 20.7. The monoisotopic (exact) mass is 447 g/mol. The first-order valence-electron chi connectivity index (χ1n) is 9.07. The second-order valence-corrected chi connectivity index (χ2v) is 7.34. The quantitative estimate of drug-likeness (QED) is 0.467. The Morgan fingerprint density at radius 2 is 1.86 bits per heavy atom. The minimum Gasteiger partial charge on any atom is -0.496 e. The molecule has 2 aromatic heterocycles. The Kier molecular flexibility index (Phi) is 5.53. The van der Waals surface area contributed by atoms with Crippen molar-refractivity contribution in [2.45, 2.75) is 6.54 Å². The summed E-state index contributed by atoms with van der Waals surface area (Å²) < 4.78 is 6.32. The molecular weight excluding hydrogens is 430 g/mol. The van der Waals surface area contributed by atoms with Crippen LogP contribution >= 0.6 is 15.9 Å². The first-order chi connectivity index (χ1) is 14.2. The van der Waals surface area contributed by atoms with Gasteiger partial charge in [-0.25, -0.2) is 4.98 Å². The number of rotatable bonds is 5. The highest BCUT2D eigenvalue weighted by Gasteiger charge is 2.15. The van der Waals surface area contributed by atoms with Crippen molar-refractivity contribution in [3.05, 3.63) is 88.5 Å². The average Bonchev–Trinajstić information content (AvgIpc) is 2.77. The van der Waals surface area contributed by atoms with Crippen LogP contribution in [0.5, 0.6) is 5.75 Å². The first-order valence-corrected chi connectivity index (χ1v) is 9.87. The van der Waals surface area contributed by atoms with Gasteiger partial charge in [0.15, 0.2) is 0 Å². The largest absolute Gasteiger partial charge is 0.496 e. The molecular formula is C23H18BrN3O2. The molecule has 0 radical (unpaired) electrons. The molecule has 0 saturated carbocycles. The molecule has 144 valence electrons. The lowest BCUT2D eigenvalue weighted by Gasteiger charge is -2.12. The van der Waals surface area contributed by atoms with Crippen LogP contribution in [0, 0.1) is 0 Å². The Morgan fingerprint density at radius 1 is 1.03 bits per heavy atom. The molecule has 4 rings (SSSR count). The van der Waals surface area contributed by atoms with E-state index < -0.39 is 0 Å². The average molecular weight is 448 g/mol. The molecule has 0 saturated heterocycles. The van der Waals surface area contributed by atoms with E-state index in [1.165, 1.54) is 0 Å². The topological polar surface area (TPSA) is 64.1 Å². The first kappa shape index (κ1) is 19.1. The maximum atomic E-state index is 13.1. The highest BCUT2D eigenvalue weighted by Crippen LogP contribution is 2.25. The van der Waals surface area contributed by atoms with Gasteiger partial charge < -0.3 is 10.1 Å². The number of nitrogens with one attached hydrogen (secondary N) is 1. The fraction of sp³-hybridized carbons (Fsp3) is 0.0870. The predicted molar refractivity (Wildman–Crippen MR) is 117 cm³/mol. The summed E-state index contributed by atoms with van der Waals surface area (Å²) in [4.78, 5) is 22.1. The zero-order valence-electron chi connectivity index (χ0n) is 15.7. The Morgan fingerprint density at radius 3 is 2.66 bits per heavy atom. The Hall–Kier alpha value is -3.25. The molecule has 0 fully saturated rings. The summed E-state index contributed by atoms with van der Waals surface area (Å²) in [7, 11) is 1.62. The Labute approximate surface area is 176 Å². The molecule has 0 bridgehead atoms. The van der Waals surface area contributed by atoms with Crippen LogP contribution in [0.4, 0.5) is 0 Å². The van der Waals surface area contributed by atoms with Crippen LogP contribution < -0.4 is 10.1 Å². The van der Waals surface area contributed by atoms with E-state index in [-0.39, 0.29) is 5.91 Å². The van der Waals surface area contributed by atoms with Gasteiger partial charge in [-0.1, -0.05) is 40.2 Å². The van der Waals surface area contributed by atoms with Crippen molar-refractivity contribution >= 4 is 32.7 Å². The summed E-state index contributed by atoms with van der Waals surface area (Å²) in [6.07, 6.45) is 1.71. The van der Waals surface area contributed by atoms with Gasteiger partial charge in [0.1, 0.15) is 5.75 Å². The zero-order valence-corrected chi connectivity index (χ0v) is 17.3. The maximum absolute atomic E-state index is 13.1. The van der Waals surface area contributed by atoms with Gasteiger partial charge in [0, 0.05) is 28.2 Å². The number of hydrogen-bond acceptors (Lipinski definition) is 4. The number of carbonyl (C=O) groups excluding carboxylic acids is 1. The molecule has 1 N–H and O–H groups in total. The highest BCUT2D eigenvalue weighted by molar-refractivity contribution is 9.10.